The van der Waals surface area contributed by atoms with Crippen molar-refractivity contribution in [3.8, 4) is 0 Å². The molecule has 0 spiro atoms. The van der Waals surface area contributed by atoms with Gasteiger partial charge in [-0.25, -0.2) is 4.79 Å². The van der Waals surface area contributed by atoms with Crippen molar-refractivity contribution in [3.05, 3.63) is 0 Å². The number of rotatable bonds is 6. The highest BCUT2D eigenvalue weighted by atomic mass is 16.5. The predicted molar refractivity (Wildman–Crippen MR) is 64.2 cm³/mol. The molecule has 1 rings (SSSR count). The number of hydrogen-bond acceptors (Lipinski definition) is 4. The number of carbonyl (C=O) groups excluding carboxylic acids is 1. The van der Waals surface area contributed by atoms with Crippen LogP contribution >= 0.6 is 0 Å². The first kappa shape index (κ1) is 14.9. The first-order valence-electron chi connectivity index (χ1n) is 6.20. The molecule has 6 nitrogen and oxygen atoms in total. The van der Waals surface area contributed by atoms with Crippen LogP contribution in [-0.2, 0) is 19.1 Å². The maximum Gasteiger partial charge on any atom is 0.334 e. The van der Waals surface area contributed by atoms with E-state index in [1.54, 1.807) is 0 Å². The molecule has 0 saturated carbocycles. The maximum absolute atomic E-state index is 11.8. The van der Waals surface area contributed by atoms with Crippen molar-refractivity contribution >= 4 is 11.9 Å². The van der Waals surface area contributed by atoms with E-state index in [-0.39, 0.29) is 19.1 Å². The van der Waals surface area contributed by atoms with Crippen LogP contribution in [0.1, 0.15) is 20.3 Å². The molecule has 0 aromatic carbocycles. The van der Waals surface area contributed by atoms with Crippen LogP contribution in [0.4, 0.5) is 0 Å². The lowest BCUT2D eigenvalue weighted by Crippen LogP contribution is -2.48. The van der Waals surface area contributed by atoms with Gasteiger partial charge in [-0.1, -0.05) is 13.8 Å². The quantitative estimate of drug-likeness (QED) is 0.697. The third-order valence-corrected chi connectivity index (χ3v) is 2.61. The summed E-state index contributed by atoms with van der Waals surface area (Å²) < 4.78 is 10.4. The number of nitrogens with zero attached hydrogens (tertiary/aromatic N) is 1. The van der Waals surface area contributed by atoms with Crippen LogP contribution in [-0.4, -0.2) is 60.9 Å². The molecule has 1 aliphatic rings. The summed E-state index contributed by atoms with van der Waals surface area (Å²) in [6.07, 6.45) is -0.613. The van der Waals surface area contributed by atoms with Gasteiger partial charge in [0.1, 0.15) is 0 Å². The van der Waals surface area contributed by atoms with Crippen LogP contribution < -0.4 is 0 Å². The zero-order valence-electron chi connectivity index (χ0n) is 10.9. The van der Waals surface area contributed by atoms with Crippen molar-refractivity contribution in [3.63, 3.8) is 0 Å². The van der Waals surface area contributed by atoms with Gasteiger partial charge in [-0.3, -0.25) is 4.79 Å². The van der Waals surface area contributed by atoms with E-state index in [0.717, 1.165) is 0 Å². The minimum atomic E-state index is -1.02. The van der Waals surface area contributed by atoms with E-state index in [1.165, 1.54) is 4.90 Å². The van der Waals surface area contributed by atoms with Gasteiger partial charge in [-0.2, -0.15) is 0 Å². The second kappa shape index (κ2) is 7.33. The molecule has 0 aromatic heterocycles. The molecule has 1 heterocycles. The summed E-state index contributed by atoms with van der Waals surface area (Å²) in [4.78, 5) is 24.1. The molecule has 1 fully saturated rings. The van der Waals surface area contributed by atoms with Crippen molar-refractivity contribution in [2.75, 3.05) is 32.9 Å². The van der Waals surface area contributed by atoms with E-state index < -0.39 is 12.1 Å². The van der Waals surface area contributed by atoms with Crippen molar-refractivity contribution in [1.29, 1.82) is 0 Å². The molecule has 0 aliphatic carbocycles. The average Bonchev–Trinajstić information content (AvgIpc) is 2.34. The van der Waals surface area contributed by atoms with E-state index in [2.05, 4.69) is 0 Å². The zero-order valence-corrected chi connectivity index (χ0v) is 10.9. The molecule has 1 unspecified atom stereocenters. The largest absolute Gasteiger partial charge is 0.479 e. The monoisotopic (exact) mass is 259 g/mol. The Labute approximate surface area is 107 Å². The maximum atomic E-state index is 11.8. The minimum absolute atomic E-state index is 0.0756. The van der Waals surface area contributed by atoms with Crippen LogP contribution in [0.15, 0.2) is 0 Å². The fourth-order valence-corrected chi connectivity index (χ4v) is 1.66. The van der Waals surface area contributed by atoms with Gasteiger partial charge in [-0.15, -0.1) is 0 Å². The standard InChI is InChI=1S/C12H21NO5/c1-9(2)8-17-5-3-11(14)13-4-6-18-10(7-13)12(15)16/h9-10H,3-8H2,1-2H3,(H,15,16). The topological polar surface area (TPSA) is 76.1 Å². The third kappa shape index (κ3) is 5.01. The van der Waals surface area contributed by atoms with Crippen LogP contribution in [0.25, 0.3) is 0 Å². The Balaban J connectivity index is 2.26. The Morgan fingerprint density at radius 3 is 2.83 bits per heavy atom. The summed E-state index contributed by atoms with van der Waals surface area (Å²) in [5.41, 5.74) is 0. The lowest BCUT2D eigenvalue weighted by atomic mass is 10.2. The smallest absolute Gasteiger partial charge is 0.334 e. The van der Waals surface area contributed by atoms with Crippen LogP contribution in [0, 0.1) is 5.92 Å². The van der Waals surface area contributed by atoms with Gasteiger partial charge < -0.3 is 19.5 Å². The highest BCUT2D eigenvalue weighted by Gasteiger charge is 2.28. The Morgan fingerprint density at radius 1 is 1.50 bits per heavy atom. The molecule has 1 N–H and O–H groups in total. The summed E-state index contributed by atoms with van der Waals surface area (Å²) in [6, 6.07) is 0. The molecule has 0 aromatic rings. The van der Waals surface area contributed by atoms with Gasteiger partial charge in [0.2, 0.25) is 5.91 Å². The fourth-order valence-electron chi connectivity index (χ4n) is 1.66. The lowest BCUT2D eigenvalue weighted by Gasteiger charge is -2.30. The van der Waals surface area contributed by atoms with Gasteiger partial charge in [-0.05, 0) is 5.92 Å². The second-order valence-corrected chi connectivity index (χ2v) is 4.76. The number of morpholine rings is 1. The third-order valence-electron chi connectivity index (χ3n) is 2.61. The van der Waals surface area contributed by atoms with Crippen LogP contribution in [0.2, 0.25) is 0 Å². The van der Waals surface area contributed by atoms with Crippen molar-refractivity contribution in [1.82, 2.24) is 4.90 Å². The molecule has 0 bridgehead atoms. The first-order chi connectivity index (χ1) is 8.50. The summed E-state index contributed by atoms with van der Waals surface area (Å²) >= 11 is 0. The van der Waals surface area contributed by atoms with Crippen molar-refractivity contribution in [2.24, 2.45) is 5.92 Å². The van der Waals surface area contributed by atoms with E-state index in [0.29, 0.717) is 32.1 Å². The Morgan fingerprint density at radius 2 is 2.22 bits per heavy atom. The normalized spacial score (nSPS) is 20.2. The van der Waals surface area contributed by atoms with Crippen LogP contribution in [0.3, 0.4) is 0 Å². The molecule has 104 valence electrons. The van der Waals surface area contributed by atoms with E-state index >= 15 is 0 Å². The van der Waals surface area contributed by atoms with E-state index in [9.17, 15) is 9.59 Å². The SMILES string of the molecule is CC(C)COCCC(=O)N1CCOC(C(=O)O)C1. The Hall–Kier alpha value is -1.14. The molecule has 0 radical (unpaired) electrons. The predicted octanol–water partition coefficient (Wildman–Crippen LogP) is 0.361. The van der Waals surface area contributed by atoms with E-state index in [4.69, 9.17) is 14.6 Å². The minimum Gasteiger partial charge on any atom is -0.479 e. The number of ether oxygens (including phenoxy) is 2. The molecule has 1 atom stereocenters. The summed E-state index contributed by atoms with van der Waals surface area (Å²) in [5.74, 6) is -0.656. The average molecular weight is 259 g/mol. The Kier molecular flexibility index (Phi) is 6.07. The number of aliphatic carboxylic acids is 1. The van der Waals surface area contributed by atoms with Gasteiger partial charge in [0.15, 0.2) is 6.10 Å². The highest BCUT2D eigenvalue weighted by molar-refractivity contribution is 5.78. The molecule has 6 heteroatoms. The van der Waals surface area contributed by atoms with Gasteiger partial charge in [0.05, 0.1) is 26.2 Å². The van der Waals surface area contributed by atoms with Gasteiger partial charge in [0.25, 0.3) is 0 Å². The van der Waals surface area contributed by atoms with Crippen LogP contribution in [0.5, 0.6) is 0 Å². The number of amides is 1. The molecular weight excluding hydrogens is 238 g/mol. The second-order valence-electron chi connectivity index (χ2n) is 4.76. The van der Waals surface area contributed by atoms with Gasteiger partial charge in [0, 0.05) is 13.2 Å². The fraction of sp³-hybridized carbons (Fsp3) is 0.833. The number of hydrogen-bond donors (Lipinski definition) is 1. The summed E-state index contributed by atoms with van der Waals surface area (Å²) in [5, 5.41) is 8.83. The van der Waals surface area contributed by atoms with Gasteiger partial charge >= 0.3 is 5.97 Å². The zero-order chi connectivity index (χ0) is 13.5. The first-order valence-corrected chi connectivity index (χ1v) is 6.20. The number of carboxylic acid groups (broad SMARTS) is 1. The number of carbonyl (C=O) groups is 2. The highest BCUT2D eigenvalue weighted by Crippen LogP contribution is 2.07. The lowest BCUT2D eigenvalue weighted by molar-refractivity contribution is -0.159. The molecule has 1 aliphatic heterocycles. The Bertz CT molecular complexity index is 292. The molecule has 1 saturated heterocycles. The summed E-state index contributed by atoms with van der Waals surface area (Å²) in [6.45, 7) is 5.95. The van der Waals surface area contributed by atoms with E-state index in [1.807, 2.05) is 13.8 Å². The molecule has 1 amide bonds. The number of carboxylic acids is 1. The summed E-state index contributed by atoms with van der Waals surface area (Å²) in [7, 11) is 0. The van der Waals surface area contributed by atoms with Crippen molar-refractivity contribution < 1.29 is 24.2 Å². The molecular formula is C12H21NO5. The molecule has 18 heavy (non-hydrogen) atoms. The van der Waals surface area contributed by atoms with Crippen molar-refractivity contribution in [2.45, 2.75) is 26.4 Å².